The molecule has 0 atom stereocenters. The molecule has 5 heteroatoms. The number of hydrogen-bond acceptors (Lipinski definition) is 4. The number of carbonyl (C=O) groups excluding carboxylic acids is 1. The molecule has 1 aromatic carbocycles. The normalized spacial score (nSPS) is 17.4. The zero-order valence-corrected chi connectivity index (χ0v) is 12.5. The standard InChI is InChI=1S/C16H24N2O3/c1-21-12-16(7-10-17-11-8-16)15(20)18-9-6-13-2-4-14(19)5-3-13/h2-5,17,19H,6-12H2,1H3,(H,18,20). The van der Waals surface area contributed by atoms with Gasteiger partial charge in [0.15, 0.2) is 0 Å². The van der Waals surface area contributed by atoms with Gasteiger partial charge in [0.2, 0.25) is 5.91 Å². The van der Waals surface area contributed by atoms with Crippen LogP contribution in [0.4, 0.5) is 0 Å². The maximum absolute atomic E-state index is 12.5. The summed E-state index contributed by atoms with van der Waals surface area (Å²) in [5.41, 5.74) is 0.703. The number of rotatable bonds is 6. The summed E-state index contributed by atoms with van der Waals surface area (Å²) in [7, 11) is 1.65. The number of benzene rings is 1. The highest BCUT2D eigenvalue weighted by atomic mass is 16.5. The predicted octanol–water partition coefficient (Wildman–Crippen LogP) is 1.07. The second-order valence-corrected chi connectivity index (χ2v) is 5.64. The van der Waals surface area contributed by atoms with Gasteiger partial charge < -0.3 is 20.5 Å². The molecule has 21 heavy (non-hydrogen) atoms. The van der Waals surface area contributed by atoms with Crippen molar-refractivity contribution in [2.24, 2.45) is 5.41 Å². The summed E-state index contributed by atoms with van der Waals surface area (Å²) in [6.07, 6.45) is 2.38. The molecule has 1 aliphatic rings. The van der Waals surface area contributed by atoms with E-state index < -0.39 is 5.41 Å². The average molecular weight is 292 g/mol. The highest BCUT2D eigenvalue weighted by Gasteiger charge is 2.39. The van der Waals surface area contributed by atoms with Crippen molar-refractivity contribution in [1.82, 2.24) is 10.6 Å². The molecule has 0 saturated carbocycles. The Labute approximate surface area is 125 Å². The van der Waals surface area contributed by atoms with Gasteiger partial charge >= 0.3 is 0 Å². The van der Waals surface area contributed by atoms with Gasteiger partial charge in [-0.1, -0.05) is 12.1 Å². The van der Waals surface area contributed by atoms with Crippen LogP contribution in [0.25, 0.3) is 0 Å². The van der Waals surface area contributed by atoms with Crippen LogP contribution in [0.3, 0.4) is 0 Å². The SMILES string of the molecule is COCC1(C(=O)NCCc2ccc(O)cc2)CCNCC1. The third-order valence-electron chi connectivity index (χ3n) is 4.10. The Balaban J connectivity index is 1.85. The van der Waals surface area contributed by atoms with E-state index in [1.54, 1.807) is 19.2 Å². The van der Waals surface area contributed by atoms with Crippen LogP contribution >= 0.6 is 0 Å². The van der Waals surface area contributed by atoms with Gasteiger partial charge in [-0.3, -0.25) is 4.79 Å². The van der Waals surface area contributed by atoms with Crippen LogP contribution in [0, 0.1) is 5.41 Å². The lowest BCUT2D eigenvalue weighted by Gasteiger charge is -2.35. The molecule has 0 bridgehead atoms. The Morgan fingerprint density at radius 1 is 1.33 bits per heavy atom. The first-order valence-electron chi connectivity index (χ1n) is 7.42. The molecule has 0 radical (unpaired) electrons. The van der Waals surface area contributed by atoms with Gasteiger partial charge in [-0.25, -0.2) is 0 Å². The van der Waals surface area contributed by atoms with Crippen LogP contribution < -0.4 is 10.6 Å². The first kappa shape index (κ1) is 15.8. The number of aromatic hydroxyl groups is 1. The van der Waals surface area contributed by atoms with E-state index in [1.165, 1.54) is 0 Å². The smallest absolute Gasteiger partial charge is 0.228 e. The fourth-order valence-corrected chi connectivity index (χ4v) is 2.79. The van der Waals surface area contributed by atoms with E-state index >= 15 is 0 Å². The lowest BCUT2D eigenvalue weighted by Crippen LogP contribution is -2.50. The summed E-state index contributed by atoms with van der Waals surface area (Å²) in [6, 6.07) is 7.07. The Bertz CT molecular complexity index is 448. The number of piperidine rings is 1. The number of phenols is 1. The minimum Gasteiger partial charge on any atom is -0.508 e. The molecule has 0 unspecified atom stereocenters. The maximum Gasteiger partial charge on any atom is 0.228 e. The van der Waals surface area contributed by atoms with Crippen LogP contribution in [0.15, 0.2) is 24.3 Å². The third kappa shape index (κ3) is 4.19. The zero-order valence-electron chi connectivity index (χ0n) is 12.5. The highest BCUT2D eigenvalue weighted by Crippen LogP contribution is 2.29. The van der Waals surface area contributed by atoms with E-state index in [1.807, 2.05) is 12.1 Å². The van der Waals surface area contributed by atoms with Crippen molar-refractivity contribution in [2.45, 2.75) is 19.3 Å². The molecule has 1 saturated heterocycles. The average Bonchev–Trinajstić information content (AvgIpc) is 2.50. The van der Waals surface area contributed by atoms with E-state index in [0.717, 1.165) is 37.9 Å². The maximum atomic E-state index is 12.5. The Kier molecular flexibility index (Phi) is 5.59. The number of nitrogens with one attached hydrogen (secondary N) is 2. The summed E-state index contributed by atoms with van der Waals surface area (Å²) in [5, 5.41) is 15.6. The molecule has 1 heterocycles. The quantitative estimate of drug-likeness (QED) is 0.733. The predicted molar refractivity (Wildman–Crippen MR) is 81.2 cm³/mol. The monoisotopic (exact) mass is 292 g/mol. The van der Waals surface area contributed by atoms with Gasteiger partial charge in [0.1, 0.15) is 5.75 Å². The van der Waals surface area contributed by atoms with Crippen molar-refractivity contribution in [2.75, 3.05) is 33.4 Å². The van der Waals surface area contributed by atoms with Gasteiger partial charge in [0.05, 0.1) is 12.0 Å². The van der Waals surface area contributed by atoms with Gasteiger partial charge in [0.25, 0.3) is 0 Å². The van der Waals surface area contributed by atoms with E-state index in [-0.39, 0.29) is 11.7 Å². The molecule has 5 nitrogen and oxygen atoms in total. The number of amides is 1. The summed E-state index contributed by atoms with van der Waals surface area (Å²) in [5.74, 6) is 0.348. The van der Waals surface area contributed by atoms with Crippen molar-refractivity contribution < 1.29 is 14.6 Å². The summed E-state index contributed by atoms with van der Waals surface area (Å²) in [4.78, 5) is 12.5. The number of ether oxygens (including phenoxy) is 1. The number of carbonyl (C=O) groups is 1. The minimum atomic E-state index is -0.394. The lowest BCUT2D eigenvalue weighted by molar-refractivity contribution is -0.136. The summed E-state index contributed by atoms with van der Waals surface area (Å²) in [6.45, 7) is 2.78. The molecular formula is C16H24N2O3. The lowest BCUT2D eigenvalue weighted by atomic mass is 9.78. The number of methoxy groups -OCH3 is 1. The molecular weight excluding hydrogens is 268 g/mol. The minimum absolute atomic E-state index is 0.0876. The van der Waals surface area contributed by atoms with E-state index in [2.05, 4.69) is 10.6 Å². The molecule has 116 valence electrons. The van der Waals surface area contributed by atoms with Crippen molar-refractivity contribution in [3.63, 3.8) is 0 Å². The number of hydrogen-bond donors (Lipinski definition) is 3. The number of phenolic OH excluding ortho intramolecular Hbond substituents is 1. The topological polar surface area (TPSA) is 70.6 Å². The van der Waals surface area contributed by atoms with Gasteiger partial charge in [0, 0.05) is 13.7 Å². The van der Waals surface area contributed by atoms with Crippen molar-refractivity contribution >= 4 is 5.91 Å². The molecule has 1 aliphatic heterocycles. The van der Waals surface area contributed by atoms with Crippen LogP contribution in [0.1, 0.15) is 18.4 Å². The second-order valence-electron chi connectivity index (χ2n) is 5.64. The zero-order chi connectivity index (χ0) is 15.1. The van der Waals surface area contributed by atoms with Gasteiger partial charge in [-0.05, 0) is 50.0 Å². The Hall–Kier alpha value is -1.59. The van der Waals surface area contributed by atoms with E-state index in [4.69, 9.17) is 4.74 Å². The molecule has 1 amide bonds. The van der Waals surface area contributed by atoms with Crippen molar-refractivity contribution in [3.05, 3.63) is 29.8 Å². The Morgan fingerprint density at radius 3 is 2.62 bits per heavy atom. The van der Waals surface area contributed by atoms with Gasteiger partial charge in [-0.15, -0.1) is 0 Å². The third-order valence-corrected chi connectivity index (χ3v) is 4.10. The van der Waals surface area contributed by atoms with E-state index in [9.17, 15) is 9.90 Å². The first-order valence-corrected chi connectivity index (χ1v) is 7.42. The van der Waals surface area contributed by atoms with Gasteiger partial charge in [-0.2, -0.15) is 0 Å². The molecule has 1 aromatic rings. The highest BCUT2D eigenvalue weighted by molar-refractivity contribution is 5.83. The van der Waals surface area contributed by atoms with Crippen molar-refractivity contribution in [1.29, 1.82) is 0 Å². The molecule has 0 aromatic heterocycles. The molecule has 1 fully saturated rings. The van der Waals surface area contributed by atoms with Crippen LogP contribution in [0.5, 0.6) is 5.75 Å². The molecule has 3 N–H and O–H groups in total. The summed E-state index contributed by atoms with van der Waals surface area (Å²) >= 11 is 0. The van der Waals surface area contributed by atoms with Crippen LogP contribution in [-0.4, -0.2) is 44.4 Å². The van der Waals surface area contributed by atoms with E-state index in [0.29, 0.717) is 13.2 Å². The molecule has 0 aliphatic carbocycles. The molecule has 2 rings (SSSR count). The van der Waals surface area contributed by atoms with Crippen LogP contribution in [0.2, 0.25) is 0 Å². The van der Waals surface area contributed by atoms with Crippen molar-refractivity contribution in [3.8, 4) is 5.75 Å². The molecule has 0 spiro atoms. The fraction of sp³-hybridized carbons (Fsp3) is 0.562. The second kappa shape index (κ2) is 7.43. The Morgan fingerprint density at radius 2 is 2.00 bits per heavy atom. The largest absolute Gasteiger partial charge is 0.508 e. The van der Waals surface area contributed by atoms with Crippen LogP contribution in [-0.2, 0) is 16.0 Å². The first-order chi connectivity index (χ1) is 10.2. The summed E-state index contributed by atoms with van der Waals surface area (Å²) < 4.78 is 5.27. The fourth-order valence-electron chi connectivity index (χ4n) is 2.79.